The highest BCUT2D eigenvalue weighted by molar-refractivity contribution is 7.92. The van der Waals surface area contributed by atoms with Gasteiger partial charge in [-0.15, -0.1) is 0 Å². The van der Waals surface area contributed by atoms with E-state index in [9.17, 15) is 12.8 Å². The van der Waals surface area contributed by atoms with Crippen LogP contribution in [0.3, 0.4) is 0 Å². The fourth-order valence-corrected chi connectivity index (χ4v) is 6.71. The molecular weight excluding hydrogens is 497 g/mol. The summed E-state index contributed by atoms with van der Waals surface area (Å²) in [4.78, 5) is 5.53. The summed E-state index contributed by atoms with van der Waals surface area (Å²) in [6.07, 6.45) is 7.27. The highest BCUT2D eigenvalue weighted by Crippen LogP contribution is 2.38. The molecule has 0 spiro atoms. The zero-order chi connectivity index (χ0) is 24.3. The van der Waals surface area contributed by atoms with Crippen molar-refractivity contribution in [3.05, 3.63) is 52.9 Å². The molecule has 1 saturated carbocycles. The summed E-state index contributed by atoms with van der Waals surface area (Å²) in [6.45, 7) is 1.92. The topological polar surface area (TPSA) is 80.3 Å². The number of nitrogens with zero attached hydrogens (tertiary/aromatic N) is 1. The molecule has 182 valence electrons. The van der Waals surface area contributed by atoms with Crippen molar-refractivity contribution < 1.29 is 17.5 Å². The normalized spacial score (nSPS) is 15.1. The number of methoxy groups -OCH3 is 1. The van der Waals surface area contributed by atoms with Crippen LogP contribution in [0.4, 0.5) is 15.2 Å². The van der Waals surface area contributed by atoms with Crippen molar-refractivity contribution in [3.63, 3.8) is 0 Å². The van der Waals surface area contributed by atoms with Crippen LogP contribution >= 0.6 is 22.9 Å². The molecule has 3 aromatic rings. The number of aryl methyl sites for hydroxylation is 1. The Morgan fingerprint density at radius 3 is 2.53 bits per heavy atom. The van der Waals surface area contributed by atoms with E-state index >= 15 is 0 Å². The third kappa shape index (κ3) is 5.64. The highest BCUT2D eigenvalue weighted by atomic mass is 35.5. The first-order chi connectivity index (χ1) is 16.3. The molecule has 0 unspecified atom stereocenters. The van der Waals surface area contributed by atoms with E-state index in [4.69, 9.17) is 21.3 Å². The van der Waals surface area contributed by atoms with Gasteiger partial charge in [0, 0.05) is 6.04 Å². The van der Waals surface area contributed by atoms with Gasteiger partial charge in [-0.05, 0) is 61.7 Å². The van der Waals surface area contributed by atoms with Crippen LogP contribution in [0.25, 0.3) is 10.4 Å². The number of benzene rings is 2. The third-order valence-electron chi connectivity index (χ3n) is 5.87. The summed E-state index contributed by atoms with van der Waals surface area (Å²) in [5.74, 6) is -0.366. The molecular formula is C24H27ClFN3O3S2. The first-order valence-corrected chi connectivity index (χ1v) is 13.8. The van der Waals surface area contributed by atoms with E-state index in [0.717, 1.165) is 46.2 Å². The number of ether oxygens (including phenoxy) is 1. The fourth-order valence-electron chi connectivity index (χ4n) is 4.12. The number of rotatable bonds is 7. The first-order valence-electron chi connectivity index (χ1n) is 11.2. The molecule has 1 heterocycles. The van der Waals surface area contributed by atoms with Crippen molar-refractivity contribution >= 4 is 43.8 Å². The standard InChI is InChI=1S/C24H27ClFN3O3S2/c1-15-23(33-24(27-15)28-18-7-5-3-4-6-8-18)16-9-12-21(32-2)22(13-16)34(30,31)29-20-11-10-17(26)14-19(20)25/h9-14,18,29H,3-8H2,1-2H3,(H,27,28). The summed E-state index contributed by atoms with van der Waals surface area (Å²) in [5.41, 5.74) is 1.62. The molecule has 6 nitrogen and oxygen atoms in total. The number of hydrogen-bond acceptors (Lipinski definition) is 6. The van der Waals surface area contributed by atoms with Crippen LogP contribution in [0.15, 0.2) is 41.3 Å². The smallest absolute Gasteiger partial charge is 0.265 e. The van der Waals surface area contributed by atoms with Crippen LogP contribution in [0.1, 0.15) is 44.2 Å². The quantitative estimate of drug-likeness (QED) is 0.331. The second kappa shape index (κ2) is 10.5. The summed E-state index contributed by atoms with van der Waals surface area (Å²) >= 11 is 7.54. The molecule has 10 heteroatoms. The van der Waals surface area contributed by atoms with Crippen LogP contribution in [0, 0.1) is 12.7 Å². The molecule has 2 aromatic carbocycles. The molecule has 1 aliphatic rings. The zero-order valence-electron chi connectivity index (χ0n) is 19.0. The van der Waals surface area contributed by atoms with Gasteiger partial charge in [0.15, 0.2) is 5.13 Å². The molecule has 1 aliphatic carbocycles. The molecule has 4 rings (SSSR count). The van der Waals surface area contributed by atoms with Crippen LogP contribution in [0.5, 0.6) is 5.75 Å². The van der Waals surface area contributed by atoms with Gasteiger partial charge >= 0.3 is 0 Å². The van der Waals surface area contributed by atoms with Crippen LogP contribution in [-0.4, -0.2) is 26.6 Å². The number of aromatic nitrogens is 1. The molecule has 0 atom stereocenters. The third-order valence-corrected chi connectivity index (χ3v) is 8.71. The van der Waals surface area contributed by atoms with Crippen LogP contribution < -0.4 is 14.8 Å². The van der Waals surface area contributed by atoms with E-state index in [0.29, 0.717) is 6.04 Å². The SMILES string of the molecule is COc1ccc(-c2sc(NC3CCCCCC3)nc2C)cc1S(=O)(=O)Nc1ccc(F)cc1Cl. The maximum absolute atomic E-state index is 13.4. The number of hydrogen-bond donors (Lipinski definition) is 2. The number of thiazole rings is 1. The second-order valence-corrected chi connectivity index (χ2v) is 11.4. The van der Waals surface area contributed by atoms with Gasteiger partial charge in [-0.25, -0.2) is 17.8 Å². The van der Waals surface area contributed by atoms with Gasteiger partial charge in [-0.3, -0.25) is 4.72 Å². The average molecular weight is 524 g/mol. The first kappa shape index (κ1) is 24.8. The molecule has 0 amide bonds. The molecule has 2 N–H and O–H groups in total. The van der Waals surface area contributed by atoms with Crippen molar-refractivity contribution in [3.8, 4) is 16.2 Å². The average Bonchev–Trinajstić information content (AvgIpc) is 2.98. The minimum Gasteiger partial charge on any atom is -0.495 e. The molecule has 0 saturated heterocycles. The van der Waals surface area contributed by atoms with E-state index in [1.54, 1.807) is 12.1 Å². The lowest BCUT2D eigenvalue weighted by Crippen LogP contribution is -2.17. The van der Waals surface area contributed by atoms with E-state index in [1.165, 1.54) is 50.2 Å². The number of sulfonamides is 1. The highest BCUT2D eigenvalue weighted by Gasteiger charge is 2.23. The van der Waals surface area contributed by atoms with E-state index in [-0.39, 0.29) is 21.4 Å². The largest absolute Gasteiger partial charge is 0.495 e. The van der Waals surface area contributed by atoms with E-state index in [2.05, 4.69) is 10.0 Å². The molecule has 1 aromatic heterocycles. The van der Waals surface area contributed by atoms with Crippen LogP contribution in [-0.2, 0) is 10.0 Å². The summed E-state index contributed by atoms with van der Waals surface area (Å²) in [7, 11) is -2.66. The van der Waals surface area contributed by atoms with Gasteiger partial charge in [0.05, 0.1) is 28.4 Å². The molecule has 0 bridgehead atoms. The van der Waals surface area contributed by atoms with Crippen molar-refractivity contribution in [2.75, 3.05) is 17.1 Å². The number of nitrogens with one attached hydrogen (secondary N) is 2. The monoisotopic (exact) mass is 523 g/mol. The number of halogens is 2. The Balaban J connectivity index is 1.64. The van der Waals surface area contributed by atoms with Crippen molar-refractivity contribution in [2.45, 2.75) is 56.4 Å². The van der Waals surface area contributed by atoms with Gasteiger partial charge < -0.3 is 10.1 Å². The predicted octanol–water partition coefficient (Wildman–Crippen LogP) is 6.86. The van der Waals surface area contributed by atoms with Crippen molar-refractivity contribution in [1.29, 1.82) is 0 Å². The molecule has 1 fully saturated rings. The number of anilines is 2. The molecule has 34 heavy (non-hydrogen) atoms. The summed E-state index contributed by atoms with van der Waals surface area (Å²) < 4.78 is 47.6. The minimum atomic E-state index is -4.07. The molecule has 0 aliphatic heterocycles. The Morgan fingerprint density at radius 1 is 1.12 bits per heavy atom. The maximum Gasteiger partial charge on any atom is 0.265 e. The Hall–Kier alpha value is -2.36. The fraction of sp³-hybridized carbons (Fsp3) is 0.375. The van der Waals surface area contributed by atoms with Gasteiger partial charge in [0.2, 0.25) is 0 Å². The van der Waals surface area contributed by atoms with Crippen molar-refractivity contribution in [1.82, 2.24) is 4.98 Å². The van der Waals surface area contributed by atoms with Crippen molar-refractivity contribution in [2.24, 2.45) is 0 Å². The molecule has 0 radical (unpaired) electrons. The summed E-state index contributed by atoms with van der Waals surface area (Å²) in [6, 6.07) is 8.89. The minimum absolute atomic E-state index is 0.0359. The lowest BCUT2D eigenvalue weighted by atomic mass is 10.1. The van der Waals surface area contributed by atoms with Gasteiger partial charge in [-0.2, -0.15) is 0 Å². The predicted molar refractivity (Wildman–Crippen MR) is 136 cm³/mol. The maximum atomic E-state index is 13.4. The van der Waals surface area contributed by atoms with E-state index < -0.39 is 15.8 Å². The Morgan fingerprint density at radius 2 is 1.85 bits per heavy atom. The van der Waals surface area contributed by atoms with Crippen LogP contribution in [0.2, 0.25) is 5.02 Å². The van der Waals surface area contributed by atoms with Gasteiger partial charge in [0.25, 0.3) is 10.0 Å². The Bertz CT molecular complexity index is 1270. The zero-order valence-corrected chi connectivity index (χ0v) is 21.4. The lowest BCUT2D eigenvalue weighted by Gasteiger charge is -2.15. The van der Waals surface area contributed by atoms with Gasteiger partial charge in [0.1, 0.15) is 16.5 Å². The van der Waals surface area contributed by atoms with E-state index in [1.807, 2.05) is 13.0 Å². The van der Waals surface area contributed by atoms with Gasteiger partial charge in [-0.1, -0.05) is 48.6 Å². The lowest BCUT2D eigenvalue weighted by molar-refractivity contribution is 0.403. The second-order valence-electron chi connectivity index (χ2n) is 8.36. The Kier molecular flexibility index (Phi) is 7.64. The summed E-state index contributed by atoms with van der Waals surface area (Å²) in [5, 5.41) is 4.38. The Labute approximate surface area is 208 Å².